The molecule has 2 saturated heterocycles. The van der Waals surface area contributed by atoms with Gasteiger partial charge in [0.2, 0.25) is 11.8 Å². The smallest absolute Gasteiger partial charge is 0.262 e. The van der Waals surface area contributed by atoms with Crippen molar-refractivity contribution in [1.82, 2.24) is 20.4 Å². The lowest BCUT2D eigenvalue weighted by Gasteiger charge is -2.63. The average molecular weight is 779 g/mol. The molecule has 1 saturated carbocycles. The number of carbonyl (C=O) groups excluding carboxylic acids is 5. The highest BCUT2D eigenvalue weighted by molar-refractivity contribution is 6.31. The summed E-state index contributed by atoms with van der Waals surface area (Å²) in [5, 5.41) is 15.1. The summed E-state index contributed by atoms with van der Waals surface area (Å²) in [5.41, 5.74) is 2.77. The molecule has 5 amide bonds. The minimum Gasteiger partial charge on any atom is -0.489 e. The molecule has 0 spiro atoms. The zero-order chi connectivity index (χ0) is 40.3. The maximum absolute atomic E-state index is 13.5. The fraction of sp³-hybridized carbons (Fsp3) is 0.442. The second-order valence-electron chi connectivity index (χ2n) is 16.8. The van der Waals surface area contributed by atoms with Crippen molar-refractivity contribution in [2.45, 2.75) is 91.1 Å². The Bertz CT molecular complexity index is 2130. The topological polar surface area (TPSA) is 152 Å². The van der Waals surface area contributed by atoms with Crippen molar-refractivity contribution in [3.63, 3.8) is 0 Å². The van der Waals surface area contributed by atoms with E-state index in [2.05, 4.69) is 68.0 Å². The number of rotatable bonds is 9. The number of benzene rings is 3. The Hall–Kier alpha value is -5.25. The summed E-state index contributed by atoms with van der Waals surface area (Å²) in [6, 6.07) is 19.4. The average Bonchev–Trinajstić information content (AvgIpc) is 3.40. The van der Waals surface area contributed by atoms with Crippen LogP contribution in [0.1, 0.15) is 96.6 Å². The van der Waals surface area contributed by atoms with Crippen molar-refractivity contribution in [2.24, 2.45) is 10.8 Å². The van der Waals surface area contributed by atoms with Crippen LogP contribution in [0.15, 0.2) is 60.7 Å². The van der Waals surface area contributed by atoms with Gasteiger partial charge in [-0.2, -0.15) is 5.26 Å². The Morgan fingerprint density at radius 1 is 0.929 bits per heavy atom. The van der Waals surface area contributed by atoms with Crippen molar-refractivity contribution in [3.05, 3.63) is 93.5 Å². The van der Waals surface area contributed by atoms with Crippen molar-refractivity contribution >= 4 is 46.8 Å². The van der Waals surface area contributed by atoms with Gasteiger partial charge in [0.25, 0.3) is 17.7 Å². The lowest BCUT2D eigenvalue weighted by Crippen LogP contribution is -2.74. The number of hydrogen-bond donors (Lipinski definition) is 2. The van der Waals surface area contributed by atoms with Crippen LogP contribution >= 0.6 is 11.6 Å². The van der Waals surface area contributed by atoms with Gasteiger partial charge in [-0.05, 0) is 74.7 Å². The lowest BCUT2D eigenvalue weighted by atomic mass is 9.49. The van der Waals surface area contributed by atoms with Gasteiger partial charge in [-0.1, -0.05) is 51.4 Å². The number of imide groups is 2. The first-order valence-corrected chi connectivity index (χ1v) is 19.5. The van der Waals surface area contributed by atoms with Crippen molar-refractivity contribution < 1.29 is 28.7 Å². The van der Waals surface area contributed by atoms with Crippen LogP contribution in [0.5, 0.6) is 5.75 Å². The van der Waals surface area contributed by atoms with Gasteiger partial charge in [-0.15, -0.1) is 0 Å². The summed E-state index contributed by atoms with van der Waals surface area (Å²) in [6.45, 7) is 15.0. The number of halogens is 1. The number of piperidine rings is 1. The first kappa shape index (κ1) is 39.0. The van der Waals surface area contributed by atoms with Crippen LogP contribution in [-0.4, -0.2) is 89.2 Å². The molecule has 0 aromatic heterocycles. The molecule has 0 radical (unpaired) electrons. The maximum Gasteiger partial charge on any atom is 0.262 e. The van der Waals surface area contributed by atoms with Crippen LogP contribution in [0.3, 0.4) is 0 Å². The minimum absolute atomic E-state index is 0.0769. The number of piperazine rings is 1. The van der Waals surface area contributed by atoms with Gasteiger partial charge in [0, 0.05) is 72.3 Å². The molecule has 1 aliphatic carbocycles. The van der Waals surface area contributed by atoms with Crippen molar-refractivity contribution in [3.8, 4) is 11.8 Å². The SMILES string of the molecule is C[C@@H]1CN(c2ccc3c(c2)C(=O)N(C2CCC(=O)NC2=O)C3=O)C[C@@H](C)N1CCc1ccc(C(=O)NC2C(C)(C)C(Oc3ccc(C#N)c(Cl)c3)C2(C)C)cc1. The summed E-state index contributed by atoms with van der Waals surface area (Å²) in [5.74, 6) is -1.59. The number of ether oxygens (including phenoxy) is 1. The highest BCUT2D eigenvalue weighted by atomic mass is 35.5. The summed E-state index contributed by atoms with van der Waals surface area (Å²) in [7, 11) is 0. The third-order valence-corrected chi connectivity index (χ3v) is 12.5. The third-order valence-electron chi connectivity index (χ3n) is 12.2. The van der Waals surface area contributed by atoms with E-state index >= 15 is 0 Å². The molecule has 3 heterocycles. The number of amides is 5. The van der Waals surface area contributed by atoms with Crippen LogP contribution < -0.4 is 20.3 Å². The fourth-order valence-corrected chi connectivity index (χ4v) is 9.77. The molecule has 3 aromatic rings. The molecule has 0 bridgehead atoms. The highest BCUT2D eigenvalue weighted by Gasteiger charge is 2.64. The molecular formula is C43H47ClN6O6. The van der Waals surface area contributed by atoms with Crippen LogP contribution in [-0.2, 0) is 16.0 Å². The van der Waals surface area contributed by atoms with Gasteiger partial charge in [0.15, 0.2) is 0 Å². The number of fused-ring (bicyclic) bond motifs is 1. The first-order valence-electron chi connectivity index (χ1n) is 19.1. The zero-order valence-corrected chi connectivity index (χ0v) is 33.3. The summed E-state index contributed by atoms with van der Waals surface area (Å²) >= 11 is 6.24. The van der Waals surface area contributed by atoms with Gasteiger partial charge in [-0.25, -0.2) is 0 Å². The summed E-state index contributed by atoms with van der Waals surface area (Å²) < 4.78 is 6.37. The van der Waals surface area contributed by atoms with E-state index in [0.717, 1.165) is 42.2 Å². The molecule has 4 aliphatic rings. The second kappa shape index (κ2) is 14.7. The van der Waals surface area contributed by atoms with Crippen molar-refractivity contribution in [2.75, 3.05) is 24.5 Å². The van der Waals surface area contributed by atoms with E-state index < -0.39 is 29.7 Å². The number of anilines is 1. The zero-order valence-electron chi connectivity index (χ0n) is 32.5. The van der Waals surface area contributed by atoms with Crippen LogP contribution in [0.25, 0.3) is 0 Å². The Balaban J connectivity index is 0.927. The molecule has 3 fully saturated rings. The minimum atomic E-state index is -0.995. The van der Waals surface area contributed by atoms with E-state index in [4.69, 9.17) is 16.3 Å². The van der Waals surface area contributed by atoms with Gasteiger partial charge in [0.05, 0.1) is 21.7 Å². The normalized spacial score (nSPS) is 25.6. The molecule has 292 valence electrons. The molecule has 12 nitrogen and oxygen atoms in total. The molecule has 3 aromatic carbocycles. The van der Waals surface area contributed by atoms with Crippen LogP contribution in [0.2, 0.25) is 5.02 Å². The van der Waals surface area contributed by atoms with E-state index in [1.807, 2.05) is 30.3 Å². The van der Waals surface area contributed by atoms with Gasteiger partial charge < -0.3 is 15.0 Å². The first-order chi connectivity index (χ1) is 26.5. The number of nitrogens with one attached hydrogen (secondary N) is 2. The van der Waals surface area contributed by atoms with Crippen molar-refractivity contribution in [1.29, 1.82) is 5.26 Å². The largest absolute Gasteiger partial charge is 0.489 e. The van der Waals surface area contributed by atoms with E-state index in [9.17, 15) is 29.2 Å². The fourth-order valence-electron chi connectivity index (χ4n) is 9.56. The van der Waals surface area contributed by atoms with E-state index in [1.54, 1.807) is 30.3 Å². The maximum atomic E-state index is 13.5. The molecule has 7 rings (SSSR count). The molecule has 56 heavy (non-hydrogen) atoms. The summed E-state index contributed by atoms with van der Waals surface area (Å²) in [4.78, 5) is 69.9. The number of nitrogens with zero attached hydrogens (tertiary/aromatic N) is 4. The van der Waals surface area contributed by atoms with Crippen LogP contribution in [0.4, 0.5) is 5.69 Å². The molecular weight excluding hydrogens is 732 g/mol. The monoisotopic (exact) mass is 778 g/mol. The molecule has 1 unspecified atom stereocenters. The predicted octanol–water partition coefficient (Wildman–Crippen LogP) is 5.37. The highest BCUT2D eigenvalue weighted by Crippen LogP contribution is 2.55. The molecule has 3 atom stereocenters. The van der Waals surface area contributed by atoms with E-state index in [1.165, 1.54) is 0 Å². The predicted molar refractivity (Wildman–Crippen MR) is 211 cm³/mol. The van der Waals surface area contributed by atoms with E-state index in [-0.39, 0.29) is 64.9 Å². The van der Waals surface area contributed by atoms with Gasteiger partial charge in [-0.3, -0.25) is 39.1 Å². The number of carbonyl (C=O) groups is 5. The molecule has 2 N–H and O–H groups in total. The van der Waals surface area contributed by atoms with Gasteiger partial charge in [0.1, 0.15) is 24.0 Å². The quantitative estimate of drug-likeness (QED) is 0.274. The lowest BCUT2D eigenvalue weighted by molar-refractivity contribution is -0.164. The Kier molecular flexibility index (Phi) is 10.2. The Labute approximate surface area is 332 Å². The number of hydrogen-bond acceptors (Lipinski definition) is 9. The van der Waals surface area contributed by atoms with Gasteiger partial charge >= 0.3 is 0 Å². The Morgan fingerprint density at radius 2 is 1.59 bits per heavy atom. The van der Waals surface area contributed by atoms with E-state index in [0.29, 0.717) is 21.9 Å². The summed E-state index contributed by atoms with van der Waals surface area (Å²) in [6.07, 6.45) is 0.810. The molecule has 3 aliphatic heterocycles. The van der Waals surface area contributed by atoms with Crippen LogP contribution in [0, 0.1) is 22.2 Å². The standard InChI is InChI=1S/C43H47ClN6O6/c1-24-22-48(29-12-14-31-32(19-29)39(55)50(38(31)54)34-15-16-35(51)46-37(34)53)23-25(2)49(24)18-17-26-7-9-27(10-8-26)36(52)47-40-42(3,4)41(43(40,5)6)56-30-13-11-28(21-45)33(44)20-30/h7-14,19-20,24-25,34,40-41H,15-18,22-23H2,1-6H3,(H,47,52)(H,46,51,53)/t24-,25-,34?,40?,41?/m1/s1. The number of nitriles is 1. The second-order valence-corrected chi connectivity index (χ2v) is 17.2. The third kappa shape index (κ3) is 6.92. The molecule has 13 heteroatoms. The Morgan fingerprint density at radius 3 is 2.21 bits per heavy atom.